The molecule has 1 unspecified atom stereocenters. The molecule has 1 aromatic heterocycles. The molecule has 5 nitrogen and oxygen atoms in total. The highest BCUT2D eigenvalue weighted by atomic mass is 32.1. The number of aromatic nitrogens is 1. The van der Waals surface area contributed by atoms with Crippen LogP contribution < -0.4 is 10.6 Å². The molecule has 3 aromatic carbocycles. The number of phenolic OH excluding ortho intramolecular Hbond substituents is 1. The highest BCUT2D eigenvalue weighted by molar-refractivity contribution is 7.19. The van der Waals surface area contributed by atoms with Gasteiger partial charge >= 0.3 is 6.03 Å². The van der Waals surface area contributed by atoms with E-state index >= 15 is 0 Å². The smallest absolute Gasteiger partial charge is 0.320 e. The van der Waals surface area contributed by atoms with E-state index in [1.165, 1.54) is 0 Å². The number of aromatic hydroxyl groups is 1. The number of hydrogen-bond donors (Lipinski definition) is 3. The third kappa shape index (κ3) is 3.23. The van der Waals surface area contributed by atoms with Gasteiger partial charge in [-0.3, -0.25) is 0 Å². The molecule has 0 bridgehead atoms. The second kappa shape index (κ2) is 7.07. The molecular weight excluding hydrogens is 382 g/mol. The first-order valence-electron chi connectivity index (χ1n) is 9.21. The summed E-state index contributed by atoms with van der Waals surface area (Å²) in [6, 6.07) is 24.0. The number of hydrogen-bond acceptors (Lipinski definition) is 4. The van der Waals surface area contributed by atoms with E-state index in [0.29, 0.717) is 0 Å². The molecule has 5 rings (SSSR count). The molecule has 1 aliphatic rings. The van der Waals surface area contributed by atoms with Crippen LogP contribution in [0.3, 0.4) is 0 Å². The number of para-hydroxylation sites is 1. The van der Waals surface area contributed by atoms with E-state index in [2.05, 4.69) is 10.6 Å². The summed E-state index contributed by atoms with van der Waals surface area (Å²) in [6.07, 6.45) is 0. The zero-order valence-electron chi connectivity index (χ0n) is 15.3. The van der Waals surface area contributed by atoms with Crippen molar-refractivity contribution in [3.8, 4) is 5.75 Å². The number of amides is 2. The molecule has 4 aromatic rings. The number of fused-ring (bicyclic) bond motifs is 1. The Balaban J connectivity index is 1.76. The summed E-state index contributed by atoms with van der Waals surface area (Å²) in [7, 11) is 0. The first kappa shape index (κ1) is 17.5. The van der Waals surface area contributed by atoms with Crippen LogP contribution >= 0.6 is 11.3 Å². The molecular formula is C23H17N3O2S. The van der Waals surface area contributed by atoms with Gasteiger partial charge in [0.1, 0.15) is 10.8 Å². The number of rotatable bonds is 3. The van der Waals surface area contributed by atoms with Crippen molar-refractivity contribution in [2.45, 2.75) is 6.04 Å². The van der Waals surface area contributed by atoms with Crippen LogP contribution in [0.4, 0.5) is 4.79 Å². The largest absolute Gasteiger partial charge is 0.508 e. The summed E-state index contributed by atoms with van der Waals surface area (Å²) in [5, 5.41) is 16.5. The Labute approximate surface area is 171 Å². The van der Waals surface area contributed by atoms with Crippen molar-refractivity contribution < 1.29 is 9.90 Å². The Hall–Kier alpha value is -3.64. The first-order chi connectivity index (χ1) is 14.2. The third-order valence-electron chi connectivity index (χ3n) is 4.89. The molecule has 0 aliphatic carbocycles. The fourth-order valence-corrected chi connectivity index (χ4v) is 4.58. The minimum absolute atomic E-state index is 0.183. The lowest BCUT2D eigenvalue weighted by atomic mass is 9.93. The molecule has 142 valence electrons. The lowest BCUT2D eigenvalue weighted by Gasteiger charge is -2.30. The maximum Gasteiger partial charge on any atom is 0.320 e. The van der Waals surface area contributed by atoms with Gasteiger partial charge < -0.3 is 15.7 Å². The maximum absolute atomic E-state index is 12.5. The molecule has 1 atom stereocenters. The Morgan fingerprint density at radius 3 is 2.38 bits per heavy atom. The lowest BCUT2D eigenvalue weighted by molar-refractivity contribution is 0.242. The summed E-state index contributed by atoms with van der Waals surface area (Å²) >= 11 is 1.60. The summed E-state index contributed by atoms with van der Waals surface area (Å²) in [5.41, 5.74) is 4.36. The Kier molecular flexibility index (Phi) is 4.26. The van der Waals surface area contributed by atoms with Gasteiger partial charge in [0.25, 0.3) is 0 Å². The van der Waals surface area contributed by atoms with E-state index in [1.807, 2.05) is 66.7 Å². The average molecular weight is 399 g/mol. The number of nitrogens with one attached hydrogen (secondary N) is 2. The Bertz CT molecular complexity index is 1200. The highest BCUT2D eigenvalue weighted by Gasteiger charge is 2.31. The van der Waals surface area contributed by atoms with E-state index in [-0.39, 0.29) is 17.8 Å². The SMILES string of the molecule is O=C1NC(c2ccccc2)=C(c2nc3ccccc3s2)C(c2ccc(O)cc2)N1. The quantitative estimate of drug-likeness (QED) is 0.458. The molecule has 6 heteroatoms. The van der Waals surface area contributed by atoms with Gasteiger partial charge in [-0.05, 0) is 35.4 Å². The highest BCUT2D eigenvalue weighted by Crippen LogP contribution is 2.41. The topological polar surface area (TPSA) is 74.2 Å². The van der Waals surface area contributed by atoms with E-state index in [4.69, 9.17) is 4.98 Å². The van der Waals surface area contributed by atoms with Crippen LogP contribution in [0.15, 0.2) is 78.9 Å². The fourth-order valence-electron chi connectivity index (χ4n) is 3.53. The van der Waals surface area contributed by atoms with E-state index in [0.717, 1.165) is 37.6 Å². The van der Waals surface area contributed by atoms with Gasteiger partial charge in [0, 0.05) is 5.57 Å². The first-order valence-corrected chi connectivity index (χ1v) is 10.0. The molecule has 2 amide bonds. The molecule has 29 heavy (non-hydrogen) atoms. The lowest BCUT2D eigenvalue weighted by Crippen LogP contribution is -2.42. The molecule has 0 spiro atoms. The zero-order valence-corrected chi connectivity index (χ0v) is 16.1. The normalized spacial score (nSPS) is 16.6. The molecule has 0 radical (unpaired) electrons. The van der Waals surface area contributed by atoms with Gasteiger partial charge in [0.05, 0.1) is 22.0 Å². The molecule has 0 saturated carbocycles. The second-order valence-electron chi connectivity index (χ2n) is 6.76. The van der Waals surface area contributed by atoms with E-state index in [1.54, 1.807) is 23.5 Å². The molecule has 0 saturated heterocycles. The van der Waals surface area contributed by atoms with Crippen molar-refractivity contribution >= 4 is 38.9 Å². The van der Waals surface area contributed by atoms with Gasteiger partial charge in [-0.15, -0.1) is 11.3 Å². The maximum atomic E-state index is 12.5. The minimum Gasteiger partial charge on any atom is -0.508 e. The van der Waals surface area contributed by atoms with Crippen LogP contribution in [0.2, 0.25) is 0 Å². The summed E-state index contributed by atoms with van der Waals surface area (Å²) in [6.45, 7) is 0. The second-order valence-corrected chi connectivity index (χ2v) is 7.80. The van der Waals surface area contributed by atoms with Crippen LogP contribution in [0.25, 0.3) is 21.5 Å². The number of carbonyl (C=O) groups is 1. The van der Waals surface area contributed by atoms with E-state index in [9.17, 15) is 9.90 Å². The fraction of sp³-hybridized carbons (Fsp3) is 0.0435. The van der Waals surface area contributed by atoms with Crippen molar-refractivity contribution in [1.29, 1.82) is 0 Å². The summed E-state index contributed by atoms with van der Waals surface area (Å²) in [5.74, 6) is 0.183. The number of benzene rings is 3. The van der Waals surface area contributed by atoms with E-state index < -0.39 is 0 Å². The van der Waals surface area contributed by atoms with Crippen LogP contribution in [0, 0.1) is 0 Å². The number of phenols is 1. The number of urea groups is 1. The van der Waals surface area contributed by atoms with Crippen LogP contribution in [-0.4, -0.2) is 16.1 Å². The molecule has 0 fully saturated rings. The van der Waals surface area contributed by atoms with Crippen molar-refractivity contribution in [2.24, 2.45) is 0 Å². The van der Waals surface area contributed by atoms with Gasteiger partial charge in [-0.25, -0.2) is 9.78 Å². The third-order valence-corrected chi connectivity index (χ3v) is 5.95. The van der Waals surface area contributed by atoms with Gasteiger partial charge in [-0.1, -0.05) is 54.6 Å². The van der Waals surface area contributed by atoms with Gasteiger partial charge in [-0.2, -0.15) is 0 Å². The van der Waals surface area contributed by atoms with Crippen LogP contribution in [-0.2, 0) is 0 Å². The molecule has 2 heterocycles. The minimum atomic E-state index is -0.389. The monoisotopic (exact) mass is 399 g/mol. The zero-order chi connectivity index (χ0) is 19.8. The average Bonchev–Trinajstić information content (AvgIpc) is 3.18. The van der Waals surface area contributed by atoms with Crippen molar-refractivity contribution in [3.05, 3.63) is 95.0 Å². The molecule has 1 aliphatic heterocycles. The Morgan fingerprint density at radius 2 is 1.62 bits per heavy atom. The van der Waals surface area contributed by atoms with Crippen molar-refractivity contribution in [2.75, 3.05) is 0 Å². The number of carbonyl (C=O) groups excluding carboxylic acids is 1. The predicted octanol–water partition coefficient (Wildman–Crippen LogP) is 4.92. The number of nitrogens with zero attached hydrogens (tertiary/aromatic N) is 1. The van der Waals surface area contributed by atoms with Crippen molar-refractivity contribution in [3.63, 3.8) is 0 Å². The summed E-state index contributed by atoms with van der Waals surface area (Å²) < 4.78 is 1.09. The number of thiazole rings is 1. The summed E-state index contributed by atoms with van der Waals surface area (Å²) in [4.78, 5) is 17.4. The van der Waals surface area contributed by atoms with Crippen LogP contribution in [0.5, 0.6) is 5.75 Å². The molecule has 3 N–H and O–H groups in total. The standard InChI is InChI=1S/C23H17N3O2S/c27-16-12-10-15(11-13-16)21-19(22-24-17-8-4-5-9-18(17)29-22)20(25-23(28)26-21)14-6-2-1-3-7-14/h1-13,21,27H,(H2,25,26,28). The van der Waals surface area contributed by atoms with Crippen LogP contribution in [0.1, 0.15) is 22.2 Å². The van der Waals surface area contributed by atoms with Gasteiger partial charge in [0.15, 0.2) is 0 Å². The predicted molar refractivity (Wildman–Crippen MR) is 115 cm³/mol. The Morgan fingerprint density at radius 1 is 0.897 bits per heavy atom. The van der Waals surface area contributed by atoms with Crippen molar-refractivity contribution in [1.82, 2.24) is 15.6 Å². The van der Waals surface area contributed by atoms with Gasteiger partial charge in [0.2, 0.25) is 0 Å².